The normalized spacial score (nSPS) is 10.1. The molecule has 0 aliphatic carbocycles. The molecule has 0 saturated heterocycles. The third kappa shape index (κ3) is 6.16. The zero-order valence-electron chi connectivity index (χ0n) is 20.2. The summed E-state index contributed by atoms with van der Waals surface area (Å²) in [7, 11) is 3.20. The Kier molecular flexibility index (Phi) is 7.74. The standard InChI is InChI=1S/C30H27N3O3/c1-35-28-16-14-25(19-29(28)36-2)32-20-23-9-6-10-24(17-23)30(34)33-27-18-22(13-15-26(27)31)12-11-21-7-4-3-5-8-21/h3-10,13-19,32H,20,31H2,1-2H3,(H,33,34). The lowest BCUT2D eigenvalue weighted by atomic mass is 10.1. The van der Waals surface area contributed by atoms with Crippen molar-refractivity contribution in [2.75, 3.05) is 30.6 Å². The molecule has 0 unspecified atom stereocenters. The second-order valence-electron chi connectivity index (χ2n) is 8.00. The second kappa shape index (κ2) is 11.5. The van der Waals surface area contributed by atoms with Crippen LogP contribution in [0.3, 0.4) is 0 Å². The van der Waals surface area contributed by atoms with E-state index in [4.69, 9.17) is 15.2 Å². The first-order valence-electron chi connectivity index (χ1n) is 11.4. The summed E-state index contributed by atoms with van der Waals surface area (Å²) in [6.45, 7) is 0.531. The molecule has 0 aliphatic rings. The lowest BCUT2D eigenvalue weighted by Gasteiger charge is -2.12. The minimum Gasteiger partial charge on any atom is -0.493 e. The first-order valence-corrected chi connectivity index (χ1v) is 11.4. The number of hydrogen-bond donors (Lipinski definition) is 3. The monoisotopic (exact) mass is 477 g/mol. The Balaban J connectivity index is 1.44. The van der Waals surface area contributed by atoms with E-state index in [0.29, 0.717) is 35.0 Å². The molecule has 0 heterocycles. The topological polar surface area (TPSA) is 85.6 Å². The van der Waals surface area contributed by atoms with Gasteiger partial charge in [0.05, 0.1) is 25.6 Å². The Hall–Kier alpha value is -4.89. The molecule has 0 aromatic heterocycles. The van der Waals surface area contributed by atoms with Crippen molar-refractivity contribution in [3.8, 4) is 23.3 Å². The number of nitrogen functional groups attached to an aromatic ring is 1. The van der Waals surface area contributed by atoms with E-state index in [-0.39, 0.29) is 5.91 Å². The number of benzene rings is 4. The summed E-state index contributed by atoms with van der Waals surface area (Å²) in [5.41, 5.74) is 11.1. The molecule has 4 aromatic carbocycles. The van der Waals surface area contributed by atoms with Gasteiger partial charge in [0.2, 0.25) is 0 Å². The van der Waals surface area contributed by atoms with Gasteiger partial charge < -0.3 is 25.8 Å². The van der Waals surface area contributed by atoms with E-state index in [1.807, 2.05) is 72.8 Å². The van der Waals surface area contributed by atoms with Gasteiger partial charge >= 0.3 is 0 Å². The quantitative estimate of drug-likeness (QED) is 0.240. The number of anilines is 3. The van der Waals surface area contributed by atoms with Gasteiger partial charge in [-0.1, -0.05) is 42.2 Å². The van der Waals surface area contributed by atoms with Crippen LogP contribution < -0.4 is 25.8 Å². The number of nitrogens with two attached hydrogens (primary N) is 1. The van der Waals surface area contributed by atoms with Crippen molar-refractivity contribution in [3.63, 3.8) is 0 Å². The maximum absolute atomic E-state index is 13.0. The van der Waals surface area contributed by atoms with Crippen LogP contribution in [0.15, 0.2) is 91.0 Å². The molecule has 180 valence electrons. The molecule has 0 radical (unpaired) electrons. The molecule has 6 nitrogen and oxygen atoms in total. The SMILES string of the molecule is COc1ccc(NCc2cccc(C(=O)Nc3cc(C#Cc4ccccc4)ccc3N)c2)cc1OC. The number of ether oxygens (including phenoxy) is 2. The van der Waals surface area contributed by atoms with Crippen molar-refractivity contribution in [1.82, 2.24) is 0 Å². The summed E-state index contributed by atoms with van der Waals surface area (Å²) < 4.78 is 10.6. The molecule has 0 saturated carbocycles. The second-order valence-corrected chi connectivity index (χ2v) is 8.00. The number of carbonyl (C=O) groups excluding carboxylic acids is 1. The van der Waals surface area contributed by atoms with Crippen molar-refractivity contribution in [2.45, 2.75) is 6.54 Å². The first kappa shape index (κ1) is 24.2. The van der Waals surface area contributed by atoms with Gasteiger partial charge in [0.25, 0.3) is 5.91 Å². The van der Waals surface area contributed by atoms with Crippen molar-refractivity contribution >= 4 is 23.0 Å². The van der Waals surface area contributed by atoms with Crippen molar-refractivity contribution in [2.24, 2.45) is 0 Å². The number of rotatable bonds is 7. The molecule has 4 rings (SSSR count). The number of hydrogen-bond acceptors (Lipinski definition) is 5. The smallest absolute Gasteiger partial charge is 0.255 e. The summed E-state index contributed by atoms with van der Waals surface area (Å²) in [6.07, 6.45) is 0. The molecule has 0 bridgehead atoms. The minimum atomic E-state index is -0.247. The van der Waals surface area contributed by atoms with E-state index in [2.05, 4.69) is 22.5 Å². The van der Waals surface area contributed by atoms with E-state index < -0.39 is 0 Å². The van der Waals surface area contributed by atoms with Gasteiger partial charge in [-0.3, -0.25) is 4.79 Å². The number of carbonyl (C=O) groups is 1. The highest BCUT2D eigenvalue weighted by molar-refractivity contribution is 6.06. The fourth-order valence-electron chi connectivity index (χ4n) is 3.58. The lowest BCUT2D eigenvalue weighted by molar-refractivity contribution is 0.102. The zero-order chi connectivity index (χ0) is 25.3. The maximum Gasteiger partial charge on any atom is 0.255 e. The van der Waals surface area contributed by atoms with E-state index in [0.717, 1.165) is 22.4 Å². The summed E-state index contributed by atoms with van der Waals surface area (Å²) in [6, 6.07) is 28.1. The third-order valence-electron chi connectivity index (χ3n) is 5.50. The van der Waals surface area contributed by atoms with Crippen LogP contribution in [0.2, 0.25) is 0 Å². The van der Waals surface area contributed by atoms with Crippen molar-refractivity contribution < 1.29 is 14.3 Å². The first-order chi connectivity index (χ1) is 17.6. The third-order valence-corrected chi connectivity index (χ3v) is 5.50. The zero-order valence-corrected chi connectivity index (χ0v) is 20.2. The number of nitrogens with one attached hydrogen (secondary N) is 2. The van der Waals surface area contributed by atoms with Crippen LogP contribution in [0.25, 0.3) is 0 Å². The Morgan fingerprint density at radius 2 is 1.58 bits per heavy atom. The number of methoxy groups -OCH3 is 2. The molecule has 36 heavy (non-hydrogen) atoms. The highest BCUT2D eigenvalue weighted by atomic mass is 16.5. The van der Waals surface area contributed by atoms with E-state index in [1.165, 1.54) is 0 Å². The maximum atomic E-state index is 13.0. The van der Waals surface area contributed by atoms with Crippen LogP contribution >= 0.6 is 0 Å². The van der Waals surface area contributed by atoms with Crippen LogP contribution in [0.4, 0.5) is 17.1 Å². The van der Waals surface area contributed by atoms with Gasteiger partial charge in [0.15, 0.2) is 11.5 Å². The van der Waals surface area contributed by atoms with Crippen LogP contribution in [0.5, 0.6) is 11.5 Å². The lowest BCUT2D eigenvalue weighted by Crippen LogP contribution is -2.14. The predicted molar refractivity (Wildman–Crippen MR) is 145 cm³/mol. The summed E-state index contributed by atoms with van der Waals surface area (Å²) in [4.78, 5) is 13.0. The van der Waals surface area contributed by atoms with Crippen LogP contribution in [-0.4, -0.2) is 20.1 Å². The summed E-state index contributed by atoms with van der Waals surface area (Å²) in [5, 5.41) is 6.26. The minimum absolute atomic E-state index is 0.247. The van der Waals surface area contributed by atoms with Crippen molar-refractivity contribution in [3.05, 3.63) is 113 Å². The van der Waals surface area contributed by atoms with Gasteiger partial charge in [-0.2, -0.15) is 0 Å². The average molecular weight is 478 g/mol. The average Bonchev–Trinajstić information content (AvgIpc) is 2.92. The molecule has 4 N–H and O–H groups in total. The van der Waals surface area contributed by atoms with Gasteiger partial charge in [-0.05, 0) is 60.2 Å². The van der Waals surface area contributed by atoms with Gasteiger partial charge in [0, 0.05) is 35.0 Å². The summed E-state index contributed by atoms with van der Waals surface area (Å²) >= 11 is 0. The predicted octanol–water partition coefficient (Wildman–Crippen LogP) is 5.55. The number of amides is 1. The molecule has 0 aliphatic heterocycles. The molecule has 0 fully saturated rings. The molecular weight excluding hydrogens is 450 g/mol. The molecule has 4 aromatic rings. The molecular formula is C30H27N3O3. The Morgan fingerprint density at radius 1 is 0.806 bits per heavy atom. The van der Waals surface area contributed by atoms with Gasteiger partial charge in [0.1, 0.15) is 0 Å². The van der Waals surface area contributed by atoms with E-state index in [1.54, 1.807) is 32.4 Å². The Labute approximate surface area is 211 Å². The summed E-state index contributed by atoms with van der Waals surface area (Å²) in [5.74, 6) is 7.29. The van der Waals surface area contributed by atoms with Gasteiger partial charge in [-0.25, -0.2) is 0 Å². The Morgan fingerprint density at radius 3 is 2.36 bits per heavy atom. The van der Waals surface area contributed by atoms with Crippen LogP contribution in [0.1, 0.15) is 27.0 Å². The van der Waals surface area contributed by atoms with Crippen LogP contribution in [0, 0.1) is 11.8 Å². The van der Waals surface area contributed by atoms with E-state index >= 15 is 0 Å². The highest BCUT2D eigenvalue weighted by Gasteiger charge is 2.10. The molecule has 0 spiro atoms. The molecule has 6 heteroatoms. The fourth-order valence-corrected chi connectivity index (χ4v) is 3.58. The van der Waals surface area contributed by atoms with Crippen LogP contribution in [-0.2, 0) is 6.54 Å². The Bertz CT molecular complexity index is 1420. The largest absolute Gasteiger partial charge is 0.493 e. The highest BCUT2D eigenvalue weighted by Crippen LogP contribution is 2.30. The van der Waals surface area contributed by atoms with Crippen molar-refractivity contribution in [1.29, 1.82) is 0 Å². The van der Waals surface area contributed by atoms with Gasteiger partial charge in [-0.15, -0.1) is 0 Å². The molecule has 0 atom stereocenters. The molecule has 1 amide bonds. The fraction of sp³-hybridized carbons (Fsp3) is 0.100. The van der Waals surface area contributed by atoms with E-state index in [9.17, 15) is 4.79 Å².